The van der Waals surface area contributed by atoms with Crippen LogP contribution >= 0.6 is 0 Å². The first kappa shape index (κ1) is 16.3. The minimum atomic E-state index is 0.217. The largest absolute Gasteiger partial charge is 0.383 e. The lowest BCUT2D eigenvalue weighted by molar-refractivity contribution is 0.139. The topological polar surface area (TPSA) is 27.7 Å². The van der Waals surface area contributed by atoms with Crippen LogP contribution in [0.25, 0.3) is 0 Å². The standard InChI is InChI=1S/C17H29N3O/c1-17(2)14-20(11-10-19(17)3)16-8-6-5-7-15(16)13-18-9-12-21-4/h5-8,18H,9-14H2,1-4H3. The lowest BCUT2D eigenvalue weighted by Gasteiger charge is -2.46. The minimum Gasteiger partial charge on any atom is -0.383 e. The lowest BCUT2D eigenvalue weighted by Crippen LogP contribution is -2.57. The first-order valence-electron chi connectivity index (χ1n) is 7.78. The Morgan fingerprint density at radius 2 is 2.00 bits per heavy atom. The van der Waals surface area contributed by atoms with Gasteiger partial charge in [-0.25, -0.2) is 0 Å². The number of benzene rings is 1. The van der Waals surface area contributed by atoms with Crippen molar-refractivity contribution in [3.63, 3.8) is 0 Å². The Balaban J connectivity index is 2.05. The van der Waals surface area contributed by atoms with Crippen LogP contribution < -0.4 is 10.2 Å². The molecule has 1 aromatic rings. The fourth-order valence-electron chi connectivity index (χ4n) is 2.81. The lowest BCUT2D eigenvalue weighted by atomic mass is 9.98. The third-order valence-electron chi connectivity index (χ3n) is 4.45. The number of likely N-dealkylation sites (N-methyl/N-ethyl adjacent to an activating group) is 1. The van der Waals surface area contributed by atoms with Crippen LogP contribution in [-0.4, -0.2) is 57.4 Å². The molecule has 0 radical (unpaired) electrons. The molecule has 0 saturated carbocycles. The summed E-state index contributed by atoms with van der Waals surface area (Å²) in [5, 5.41) is 3.45. The average Bonchev–Trinajstić information content (AvgIpc) is 2.47. The van der Waals surface area contributed by atoms with Gasteiger partial charge in [-0.2, -0.15) is 0 Å². The molecule has 1 saturated heterocycles. The number of methoxy groups -OCH3 is 1. The zero-order valence-electron chi connectivity index (χ0n) is 13.9. The van der Waals surface area contributed by atoms with Crippen molar-refractivity contribution < 1.29 is 4.74 Å². The van der Waals surface area contributed by atoms with E-state index in [1.807, 2.05) is 0 Å². The van der Waals surface area contributed by atoms with Crippen LogP contribution in [0.3, 0.4) is 0 Å². The highest BCUT2D eigenvalue weighted by atomic mass is 16.5. The molecule has 1 aromatic carbocycles. The number of rotatable bonds is 6. The number of nitrogens with zero attached hydrogens (tertiary/aromatic N) is 2. The Bertz CT molecular complexity index is 447. The summed E-state index contributed by atoms with van der Waals surface area (Å²) in [6.07, 6.45) is 0. The van der Waals surface area contributed by atoms with Crippen LogP contribution in [0.1, 0.15) is 19.4 Å². The SMILES string of the molecule is COCCNCc1ccccc1N1CCN(C)C(C)(C)C1. The maximum atomic E-state index is 5.09. The number of hydrogen-bond acceptors (Lipinski definition) is 4. The molecular weight excluding hydrogens is 262 g/mol. The third kappa shape index (κ3) is 4.19. The molecule has 0 aliphatic carbocycles. The molecule has 1 aliphatic heterocycles. The second-order valence-corrected chi connectivity index (χ2v) is 6.45. The smallest absolute Gasteiger partial charge is 0.0587 e. The Kier molecular flexibility index (Phi) is 5.62. The van der Waals surface area contributed by atoms with Gasteiger partial charge in [-0.1, -0.05) is 18.2 Å². The van der Waals surface area contributed by atoms with E-state index in [2.05, 4.69) is 60.3 Å². The summed E-state index contributed by atoms with van der Waals surface area (Å²) in [7, 11) is 3.96. The van der Waals surface area contributed by atoms with Gasteiger partial charge in [0, 0.05) is 51.1 Å². The number of hydrogen-bond donors (Lipinski definition) is 1. The predicted molar refractivity (Wildman–Crippen MR) is 88.9 cm³/mol. The van der Waals surface area contributed by atoms with Crippen LogP contribution in [0.15, 0.2) is 24.3 Å². The Morgan fingerprint density at radius 1 is 1.24 bits per heavy atom. The second kappa shape index (κ2) is 7.25. The van der Waals surface area contributed by atoms with Gasteiger partial charge in [0.15, 0.2) is 0 Å². The number of anilines is 1. The van der Waals surface area contributed by atoms with E-state index in [0.717, 1.165) is 39.3 Å². The van der Waals surface area contributed by atoms with Crippen molar-refractivity contribution in [2.24, 2.45) is 0 Å². The molecule has 0 bridgehead atoms. The molecule has 21 heavy (non-hydrogen) atoms. The van der Waals surface area contributed by atoms with Gasteiger partial charge in [0.05, 0.1) is 6.61 Å². The summed E-state index contributed by atoms with van der Waals surface area (Å²) in [4.78, 5) is 4.97. The molecule has 2 rings (SSSR count). The van der Waals surface area contributed by atoms with Crippen molar-refractivity contribution in [1.29, 1.82) is 0 Å². The number of para-hydroxylation sites is 1. The maximum absolute atomic E-state index is 5.09. The van der Waals surface area contributed by atoms with E-state index in [9.17, 15) is 0 Å². The summed E-state index contributed by atoms with van der Waals surface area (Å²) in [6, 6.07) is 8.73. The number of piperazine rings is 1. The van der Waals surface area contributed by atoms with E-state index in [-0.39, 0.29) is 5.54 Å². The van der Waals surface area contributed by atoms with Crippen molar-refractivity contribution in [2.45, 2.75) is 25.9 Å². The van der Waals surface area contributed by atoms with Crippen molar-refractivity contribution in [3.8, 4) is 0 Å². The number of ether oxygens (including phenoxy) is 1. The van der Waals surface area contributed by atoms with E-state index in [0.29, 0.717) is 0 Å². The van der Waals surface area contributed by atoms with Gasteiger partial charge in [0.1, 0.15) is 0 Å². The third-order valence-corrected chi connectivity index (χ3v) is 4.45. The van der Waals surface area contributed by atoms with Crippen LogP contribution in [-0.2, 0) is 11.3 Å². The van der Waals surface area contributed by atoms with Crippen LogP contribution in [0, 0.1) is 0 Å². The first-order valence-corrected chi connectivity index (χ1v) is 7.78. The molecule has 1 N–H and O–H groups in total. The molecule has 4 nitrogen and oxygen atoms in total. The average molecular weight is 291 g/mol. The summed E-state index contributed by atoms with van der Waals surface area (Å²) < 4.78 is 5.09. The summed E-state index contributed by atoms with van der Waals surface area (Å²) in [5.41, 5.74) is 2.95. The fraction of sp³-hybridized carbons (Fsp3) is 0.647. The van der Waals surface area contributed by atoms with Crippen molar-refractivity contribution in [2.75, 3.05) is 51.8 Å². The highest BCUT2D eigenvalue weighted by Crippen LogP contribution is 2.27. The molecule has 0 amide bonds. The van der Waals surface area contributed by atoms with Gasteiger partial charge in [-0.05, 0) is 32.5 Å². The monoisotopic (exact) mass is 291 g/mol. The Labute approximate surface area is 129 Å². The Morgan fingerprint density at radius 3 is 2.71 bits per heavy atom. The highest BCUT2D eigenvalue weighted by Gasteiger charge is 2.31. The fourth-order valence-corrected chi connectivity index (χ4v) is 2.81. The van der Waals surface area contributed by atoms with Crippen molar-refractivity contribution >= 4 is 5.69 Å². The van der Waals surface area contributed by atoms with E-state index in [1.165, 1.54) is 11.3 Å². The van der Waals surface area contributed by atoms with Crippen molar-refractivity contribution in [1.82, 2.24) is 10.2 Å². The Hall–Kier alpha value is -1.10. The summed E-state index contributed by atoms with van der Waals surface area (Å²) >= 11 is 0. The molecule has 0 aromatic heterocycles. The molecule has 1 fully saturated rings. The minimum absolute atomic E-state index is 0.217. The van der Waals surface area contributed by atoms with Gasteiger partial charge in [0.25, 0.3) is 0 Å². The molecule has 118 valence electrons. The van der Waals surface area contributed by atoms with E-state index in [4.69, 9.17) is 4.74 Å². The highest BCUT2D eigenvalue weighted by molar-refractivity contribution is 5.54. The maximum Gasteiger partial charge on any atom is 0.0587 e. The van der Waals surface area contributed by atoms with E-state index < -0.39 is 0 Å². The molecule has 0 spiro atoms. The molecule has 0 unspecified atom stereocenters. The zero-order valence-corrected chi connectivity index (χ0v) is 13.9. The van der Waals surface area contributed by atoms with Gasteiger partial charge in [-0.3, -0.25) is 4.90 Å². The van der Waals surface area contributed by atoms with Gasteiger partial charge < -0.3 is 15.0 Å². The summed E-state index contributed by atoms with van der Waals surface area (Å²) in [6.45, 7) is 10.4. The normalized spacial score (nSPS) is 19.0. The molecule has 1 heterocycles. The van der Waals surface area contributed by atoms with Crippen molar-refractivity contribution in [3.05, 3.63) is 29.8 Å². The summed E-state index contributed by atoms with van der Waals surface area (Å²) in [5.74, 6) is 0. The quantitative estimate of drug-likeness (QED) is 0.811. The van der Waals surface area contributed by atoms with Crippen LogP contribution in [0.5, 0.6) is 0 Å². The zero-order chi connectivity index (χ0) is 15.3. The van der Waals surface area contributed by atoms with Crippen LogP contribution in [0.4, 0.5) is 5.69 Å². The van der Waals surface area contributed by atoms with Crippen LogP contribution in [0.2, 0.25) is 0 Å². The second-order valence-electron chi connectivity index (χ2n) is 6.45. The van der Waals surface area contributed by atoms with E-state index >= 15 is 0 Å². The number of nitrogens with one attached hydrogen (secondary N) is 1. The molecule has 4 heteroatoms. The molecule has 1 aliphatic rings. The van der Waals surface area contributed by atoms with Gasteiger partial charge >= 0.3 is 0 Å². The van der Waals surface area contributed by atoms with Gasteiger partial charge in [0.2, 0.25) is 0 Å². The van der Waals surface area contributed by atoms with Gasteiger partial charge in [-0.15, -0.1) is 0 Å². The predicted octanol–water partition coefficient (Wildman–Crippen LogP) is 1.95. The molecule has 0 atom stereocenters. The molecular formula is C17H29N3O. The first-order chi connectivity index (χ1) is 10.0. The van der Waals surface area contributed by atoms with E-state index in [1.54, 1.807) is 7.11 Å².